The van der Waals surface area contributed by atoms with Gasteiger partial charge >= 0.3 is 39.5 Å². The van der Waals surface area contributed by atoms with Gasteiger partial charge in [-0.2, -0.15) is 0 Å². The molecule has 0 saturated heterocycles. The van der Waals surface area contributed by atoms with Gasteiger partial charge in [0, 0.05) is 25.7 Å². The fourth-order valence-electron chi connectivity index (χ4n) is 13.1. The van der Waals surface area contributed by atoms with Gasteiger partial charge in [0.2, 0.25) is 0 Å². The molecule has 0 saturated carbocycles. The first-order chi connectivity index (χ1) is 50.2. The molecule has 3 N–H and O–H groups in total. The molecule has 0 rings (SSSR count). The maximum atomic E-state index is 13.1. The first kappa shape index (κ1) is 102. The molecule has 104 heavy (non-hydrogen) atoms. The van der Waals surface area contributed by atoms with Crippen LogP contribution in [0.1, 0.15) is 441 Å². The molecule has 0 aliphatic heterocycles. The highest BCUT2D eigenvalue weighted by Crippen LogP contribution is 2.45. The monoisotopic (exact) mass is 1520 g/mol. The summed E-state index contributed by atoms with van der Waals surface area (Å²) in [6, 6.07) is 0. The topological polar surface area (TPSA) is 237 Å². The predicted molar refractivity (Wildman–Crippen MR) is 428 cm³/mol. The lowest BCUT2D eigenvalue weighted by Crippen LogP contribution is -2.30. The van der Waals surface area contributed by atoms with Crippen LogP contribution >= 0.6 is 15.6 Å². The highest BCUT2D eigenvalue weighted by atomic mass is 31.2. The molecular formula is C85H166O17P2. The quantitative estimate of drug-likeness (QED) is 0.0222. The molecule has 0 aromatic heterocycles. The van der Waals surface area contributed by atoms with Gasteiger partial charge in [-0.25, -0.2) is 9.13 Å². The van der Waals surface area contributed by atoms with Gasteiger partial charge in [-0.05, 0) is 49.4 Å². The Morgan fingerprint density at radius 1 is 0.269 bits per heavy atom. The summed E-state index contributed by atoms with van der Waals surface area (Å²) < 4.78 is 68.8. The molecule has 19 heteroatoms. The highest BCUT2D eigenvalue weighted by molar-refractivity contribution is 7.47. The minimum Gasteiger partial charge on any atom is -0.462 e. The minimum atomic E-state index is -4.96. The molecule has 7 atom stereocenters. The van der Waals surface area contributed by atoms with E-state index in [2.05, 4.69) is 55.4 Å². The third kappa shape index (κ3) is 75.5. The summed E-state index contributed by atoms with van der Waals surface area (Å²) >= 11 is 0. The zero-order valence-corrected chi connectivity index (χ0v) is 70.5. The summed E-state index contributed by atoms with van der Waals surface area (Å²) in [5.74, 6) is 1.07. The van der Waals surface area contributed by atoms with E-state index in [9.17, 15) is 43.2 Å². The van der Waals surface area contributed by atoms with Crippen molar-refractivity contribution in [3.8, 4) is 0 Å². The van der Waals surface area contributed by atoms with Crippen molar-refractivity contribution in [2.75, 3.05) is 39.6 Å². The van der Waals surface area contributed by atoms with Crippen LogP contribution in [0, 0.1) is 23.7 Å². The lowest BCUT2D eigenvalue weighted by Gasteiger charge is -2.21. The third-order valence-electron chi connectivity index (χ3n) is 20.5. The van der Waals surface area contributed by atoms with Crippen LogP contribution in [0.2, 0.25) is 0 Å². The van der Waals surface area contributed by atoms with Gasteiger partial charge in [0.25, 0.3) is 0 Å². The van der Waals surface area contributed by atoms with E-state index in [1.54, 1.807) is 0 Å². The molecule has 17 nitrogen and oxygen atoms in total. The number of carbonyl (C=O) groups is 4. The predicted octanol–water partition coefficient (Wildman–Crippen LogP) is 25.6. The molecule has 618 valence electrons. The van der Waals surface area contributed by atoms with Gasteiger partial charge in [0.05, 0.1) is 26.4 Å². The Hall–Kier alpha value is -1.94. The van der Waals surface area contributed by atoms with Crippen LogP contribution in [0.15, 0.2) is 0 Å². The minimum absolute atomic E-state index is 0.107. The average molecular weight is 1520 g/mol. The Morgan fingerprint density at radius 2 is 0.462 bits per heavy atom. The third-order valence-corrected chi connectivity index (χ3v) is 22.4. The van der Waals surface area contributed by atoms with Crippen LogP contribution in [0.25, 0.3) is 0 Å². The Bertz CT molecular complexity index is 2030. The van der Waals surface area contributed by atoms with Crippen molar-refractivity contribution in [2.24, 2.45) is 23.7 Å². The second-order valence-electron chi connectivity index (χ2n) is 32.0. The fourth-order valence-corrected chi connectivity index (χ4v) is 14.7. The first-order valence-corrected chi connectivity index (χ1v) is 46.8. The summed E-state index contributed by atoms with van der Waals surface area (Å²) in [5.41, 5.74) is 0. The molecule has 0 bridgehead atoms. The summed E-state index contributed by atoms with van der Waals surface area (Å²) in [7, 11) is -9.93. The number of ether oxygens (including phenoxy) is 4. The van der Waals surface area contributed by atoms with Crippen LogP contribution in [0.5, 0.6) is 0 Å². The van der Waals surface area contributed by atoms with Gasteiger partial charge in [-0.3, -0.25) is 37.3 Å². The van der Waals surface area contributed by atoms with Gasteiger partial charge in [-0.1, -0.05) is 389 Å². The molecule has 0 spiro atoms. The van der Waals surface area contributed by atoms with Crippen molar-refractivity contribution in [1.82, 2.24) is 0 Å². The van der Waals surface area contributed by atoms with Crippen molar-refractivity contribution < 1.29 is 80.2 Å². The van der Waals surface area contributed by atoms with E-state index in [1.807, 2.05) is 0 Å². The summed E-state index contributed by atoms with van der Waals surface area (Å²) in [6.45, 7) is 14.3. The lowest BCUT2D eigenvalue weighted by atomic mass is 9.99. The average Bonchev–Trinajstić information content (AvgIpc) is 0.911. The summed E-state index contributed by atoms with van der Waals surface area (Å²) in [4.78, 5) is 73.1. The number of phosphoric acid groups is 2. The van der Waals surface area contributed by atoms with E-state index >= 15 is 0 Å². The Morgan fingerprint density at radius 3 is 0.683 bits per heavy atom. The van der Waals surface area contributed by atoms with Crippen molar-refractivity contribution in [3.63, 3.8) is 0 Å². The molecular weight excluding hydrogens is 1350 g/mol. The fraction of sp³-hybridized carbons (Fsp3) is 0.953. The van der Waals surface area contributed by atoms with Gasteiger partial charge in [0.15, 0.2) is 12.2 Å². The van der Waals surface area contributed by atoms with Crippen LogP contribution in [0.4, 0.5) is 0 Å². The standard InChI is InChI=1S/C85H166O17P2/c1-9-77(7)63-55-47-38-32-26-19-15-13-11-12-14-16-21-29-35-41-51-59-68-85(90)102-81(72-96-83(88)66-58-50-44-43-46-54-62-76(5)6)74-100-104(93,94)98-70-79(86)69-97-103(91,92)99-73-80(71-95-82(87)65-57-49-40-34-28-24-23-25-31-37-45-53-61-75(3)4)101-84(89)67-60-52-42-36-30-22-18-17-20-27-33-39-48-56-64-78(8)10-2/h75-81,86H,9-74H2,1-8H3,(H,91,92)(H,93,94)/t77?,78?,79-,80-,81-/m1/s1. The van der Waals surface area contributed by atoms with E-state index in [1.165, 1.54) is 238 Å². The smallest absolute Gasteiger partial charge is 0.462 e. The zero-order valence-electron chi connectivity index (χ0n) is 68.7. The van der Waals surface area contributed by atoms with Crippen molar-refractivity contribution in [1.29, 1.82) is 0 Å². The largest absolute Gasteiger partial charge is 0.472 e. The number of carbonyl (C=O) groups excluding carboxylic acids is 4. The molecule has 0 radical (unpaired) electrons. The molecule has 0 aliphatic rings. The number of hydrogen-bond donors (Lipinski definition) is 3. The number of aliphatic hydroxyl groups excluding tert-OH is 1. The van der Waals surface area contributed by atoms with Crippen LogP contribution in [-0.4, -0.2) is 96.7 Å². The Labute approximate surface area is 638 Å². The summed E-state index contributed by atoms with van der Waals surface area (Å²) in [5, 5.41) is 10.7. The molecule has 0 heterocycles. The number of esters is 4. The van der Waals surface area contributed by atoms with Crippen LogP contribution in [-0.2, 0) is 65.4 Å². The van der Waals surface area contributed by atoms with E-state index in [-0.39, 0.29) is 25.7 Å². The molecule has 0 aromatic rings. The maximum absolute atomic E-state index is 13.1. The first-order valence-electron chi connectivity index (χ1n) is 43.8. The molecule has 0 fully saturated rings. The second kappa shape index (κ2) is 73.8. The van der Waals surface area contributed by atoms with E-state index in [0.717, 1.165) is 114 Å². The maximum Gasteiger partial charge on any atom is 0.472 e. The van der Waals surface area contributed by atoms with E-state index in [0.29, 0.717) is 31.6 Å². The van der Waals surface area contributed by atoms with Gasteiger partial charge in [0.1, 0.15) is 19.3 Å². The number of hydrogen-bond acceptors (Lipinski definition) is 15. The van der Waals surface area contributed by atoms with Crippen LogP contribution in [0.3, 0.4) is 0 Å². The van der Waals surface area contributed by atoms with Crippen LogP contribution < -0.4 is 0 Å². The van der Waals surface area contributed by atoms with Gasteiger partial charge < -0.3 is 33.8 Å². The number of aliphatic hydroxyl groups is 1. The molecule has 4 unspecified atom stereocenters. The summed E-state index contributed by atoms with van der Waals surface area (Å²) in [6.07, 6.45) is 62.6. The van der Waals surface area contributed by atoms with Crippen molar-refractivity contribution in [2.45, 2.75) is 459 Å². The zero-order chi connectivity index (χ0) is 76.7. The SMILES string of the molecule is CCC(C)CCCCCCCCCCCCCCCCCCCCC(=O)O[C@H](COC(=O)CCCCCCCCC(C)C)COP(=O)(O)OC[C@H](O)COP(=O)(O)OC[C@@H](COC(=O)CCCCCCCCCCCCCCC(C)C)OC(=O)CCCCCCCCCCCCCCCCC(C)CC. The van der Waals surface area contributed by atoms with Gasteiger partial charge in [-0.15, -0.1) is 0 Å². The second-order valence-corrected chi connectivity index (χ2v) is 34.9. The number of unbranched alkanes of at least 4 members (excludes halogenated alkanes) is 46. The van der Waals surface area contributed by atoms with E-state index < -0.39 is 97.5 Å². The Kier molecular flexibility index (Phi) is 72.5. The van der Waals surface area contributed by atoms with E-state index in [4.69, 9.17) is 37.0 Å². The normalized spacial score (nSPS) is 14.5. The molecule has 0 aliphatic carbocycles. The highest BCUT2D eigenvalue weighted by Gasteiger charge is 2.30. The Balaban J connectivity index is 5.19. The number of phosphoric ester groups is 2. The van der Waals surface area contributed by atoms with Crippen molar-refractivity contribution in [3.05, 3.63) is 0 Å². The van der Waals surface area contributed by atoms with Crippen molar-refractivity contribution >= 4 is 39.5 Å². The lowest BCUT2D eigenvalue weighted by molar-refractivity contribution is -0.161. The number of rotatable bonds is 82. The molecule has 0 aromatic carbocycles. The molecule has 0 amide bonds.